The molecule has 156 valence electrons. The summed E-state index contributed by atoms with van der Waals surface area (Å²) in [4.78, 5) is 20.1. The highest BCUT2D eigenvalue weighted by Gasteiger charge is 2.37. The third-order valence-electron chi connectivity index (χ3n) is 5.43. The average molecular weight is 439 g/mol. The van der Waals surface area contributed by atoms with Crippen molar-refractivity contribution >= 4 is 29.2 Å². The summed E-state index contributed by atoms with van der Waals surface area (Å²) in [5.74, 6) is -1.60. The summed E-state index contributed by atoms with van der Waals surface area (Å²) in [6.45, 7) is 2.28. The van der Waals surface area contributed by atoms with Gasteiger partial charge in [0.15, 0.2) is 5.69 Å². The molecule has 1 aliphatic carbocycles. The maximum Gasteiger partial charge on any atom is 0.358 e. The number of aromatic hydroxyl groups is 1. The number of unbranched alkanes of at least 4 members (excludes halogenated alkanes) is 1. The van der Waals surface area contributed by atoms with Crippen LogP contribution in [0.3, 0.4) is 0 Å². The molecule has 0 saturated heterocycles. The van der Waals surface area contributed by atoms with E-state index in [9.17, 15) is 15.0 Å². The Morgan fingerprint density at radius 2 is 1.93 bits per heavy atom. The van der Waals surface area contributed by atoms with E-state index in [2.05, 4.69) is 9.97 Å². The van der Waals surface area contributed by atoms with E-state index in [1.54, 1.807) is 6.07 Å². The largest absolute Gasteiger partial charge is 0.491 e. The molecule has 0 amide bonds. The Morgan fingerprint density at radius 1 is 1.21 bits per heavy atom. The quantitative estimate of drug-likeness (QED) is 0.534. The van der Waals surface area contributed by atoms with Crippen LogP contribution in [0.4, 0.5) is 0 Å². The molecule has 8 heteroatoms. The van der Waals surface area contributed by atoms with Gasteiger partial charge < -0.3 is 14.9 Å². The minimum Gasteiger partial charge on any atom is -0.491 e. The Morgan fingerprint density at radius 3 is 2.55 bits per heavy atom. The normalized spacial score (nSPS) is 15.4. The van der Waals surface area contributed by atoms with Gasteiger partial charge in [0.1, 0.15) is 5.82 Å². The van der Waals surface area contributed by atoms with Crippen molar-refractivity contribution in [2.45, 2.75) is 57.3 Å². The van der Waals surface area contributed by atoms with Gasteiger partial charge in [0.25, 0.3) is 5.88 Å². The first-order valence-corrected chi connectivity index (χ1v) is 10.5. The molecule has 6 nitrogen and oxygen atoms in total. The van der Waals surface area contributed by atoms with Crippen LogP contribution in [0.25, 0.3) is 0 Å². The lowest BCUT2D eigenvalue weighted by molar-refractivity contribution is 0.0683. The molecule has 0 unspecified atom stereocenters. The number of carboxylic acid groups (broad SMARTS) is 1. The molecule has 1 aliphatic rings. The zero-order valence-electron chi connectivity index (χ0n) is 16.3. The fourth-order valence-electron chi connectivity index (χ4n) is 3.91. The number of carbonyl (C=O) groups is 1. The molecule has 1 aromatic heterocycles. The van der Waals surface area contributed by atoms with E-state index in [0.29, 0.717) is 23.1 Å². The monoisotopic (exact) mass is 438 g/mol. The van der Waals surface area contributed by atoms with Gasteiger partial charge >= 0.3 is 5.97 Å². The van der Waals surface area contributed by atoms with Crippen LogP contribution < -0.4 is 4.74 Å². The van der Waals surface area contributed by atoms with Gasteiger partial charge in [0.05, 0.1) is 16.7 Å². The molecular weight excluding hydrogens is 415 g/mol. The number of hydrogen-bond acceptors (Lipinski definition) is 5. The molecular formula is C21H24Cl2N2O4. The summed E-state index contributed by atoms with van der Waals surface area (Å²) in [5, 5.41) is 20.9. The Labute approximate surface area is 179 Å². The molecule has 1 fully saturated rings. The van der Waals surface area contributed by atoms with Crippen LogP contribution >= 0.6 is 23.2 Å². The summed E-state index contributed by atoms with van der Waals surface area (Å²) in [6.07, 6.45) is 5.88. The van der Waals surface area contributed by atoms with Gasteiger partial charge in [-0.3, -0.25) is 0 Å². The molecule has 2 N–H and O–H groups in total. The first kappa shape index (κ1) is 21.7. The second-order valence-corrected chi connectivity index (χ2v) is 8.26. The molecule has 0 radical (unpaired) electrons. The van der Waals surface area contributed by atoms with Crippen LogP contribution in [-0.2, 0) is 11.8 Å². The molecule has 2 aromatic rings. The second kappa shape index (κ2) is 9.18. The predicted molar refractivity (Wildman–Crippen MR) is 111 cm³/mol. The highest BCUT2D eigenvalue weighted by Crippen LogP contribution is 2.45. The van der Waals surface area contributed by atoms with E-state index < -0.39 is 11.8 Å². The van der Waals surface area contributed by atoms with Crippen molar-refractivity contribution in [1.82, 2.24) is 9.97 Å². The minimum absolute atomic E-state index is 0.176. The van der Waals surface area contributed by atoms with Crippen LogP contribution in [0.1, 0.15) is 67.3 Å². The molecule has 3 rings (SSSR count). The van der Waals surface area contributed by atoms with E-state index in [1.807, 2.05) is 19.1 Å². The highest BCUT2D eigenvalue weighted by atomic mass is 35.5. The number of rotatable bonds is 8. The molecule has 1 aromatic carbocycles. The van der Waals surface area contributed by atoms with Gasteiger partial charge in [-0.15, -0.1) is 0 Å². The zero-order valence-corrected chi connectivity index (χ0v) is 17.8. The number of aromatic carboxylic acids is 1. The standard InChI is InChI=1S/C21H24Cl2N2O4/c1-2-3-10-29-18-17(20(27)28)24-16(25-19(18)26)12-21(8-4-5-9-21)13-6-7-14(22)15(23)11-13/h6-7,11H,2-5,8-10,12H2,1H3,(H,27,28)(H,24,25,26). The van der Waals surface area contributed by atoms with Gasteiger partial charge in [-0.2, -0.15) is 4.98 Å². The number of benzene rings is 1. The smallest absolute Gasteiger partial charge is 0.358 e. The van der Waals surface area contributed by atoms with Crippen molar-refractivity contribution in [3.05, 3.63) is 45.3 Å². The average Bonchev–Trinajstić information content (AvgIpc) is 3.15. The van der Waals surface area contributed by atoms with Gasteiger partial charge in [-0.05, 0) is 37.0 Å². The summed E-state index contributed by atoms with van der Waals surface area (Å²) in [7, 11) is 0. The third kappa shape index (κ3) is 4.75. The fraction of sp³-hybridized carbons (Fsp3) is 0.476. The van der Waals surface area contributed by atoms with Gasteiger partial charge in [0, 0.05) is 11.8 Å². The van der Waals surface area contributed by atoms with E-state index in [1.165, 1.54) is 0 Å². The molecule has 1 heterocycles. The summed E-state index contributed by atoms with van der Waals surface area (Å²) < 4.78 is 5.45. The Hall–Kier alpha value is -2.05. The topological polar surface area (TPSA) is 92.5 Å². The van der Waals surface area contributed by atoms with E-state index in [4.69, 9.17) is 27.9 Å². The Bertz CT molecular complexity index is 898. The van der Waals surface area contributed by atoms with E-state index >= 15 is 0 Å². The first-order valence-electron chi connectivity index (χ1n) is 9.78. The highest BCUT2D eigenvalue weighted by molar-refractivity contribution is 6.42. The maximum absolute atomic E-state index is 11.7. The molecule has 1 saturated carbocycles. The molecule has 0 spiro atoms. The number of ether oxygens (including phenoxy) is 1. The number of hydrogen-bond donors (Lipinski definition) is 2. The van der Waals surface area contributed by atoms with Crippen LogP contribution in [0.2, 0.25) is 10.0 Å². The van der Waals surface area contributed by atoms with Crippen molar-refractivity contribution in [2.75, 3.05) is 6.61 Å². The van der Waals surface area contributed by atoms with Crippen LogP contribution in [-0.4, -0.2) is 32.8 Å². The van der Waals surface area contributed by atoms with E-state index in [0.717, 1.165) is 44.1 Å². The molecule has 0 bridgehead atoms. The predicted octanol–water partition coefficient (Wildman–Crippen LogP) is 5.42. The summed E-state index contributed by atoms with van der Waals surface area (Å²) >= 11 is 12.3. The van der Waals surface area contributed by atoms with Gasteiger partial charge in [-0.1, -0.05) is 55.5 Å². The first-order chi connectivity index (χ1) is 13.9. The maximum atomic E-state index is 11.7. The van der Waals surface area contributed by atoms with Gasteiger partial charge in [0.2, 0.25) is 5.75 Å². The van der Waals surface area contributed by atoms with Gasteiger partial charge in [-0.25, -0.2) is 9.78 Å². The molecule has 0 aliphatic heterocycles. The summed E-state index contributed by atoms with van der Waals surface area (Å²) in [5.41, 5.74) is 0.430. The van der Waals surface area contributed by atoms with Crippen LogP contribution in [0.15, 0.2) is 18.2 Å². The van der Waals surface area contributed by atoms with Crippen molar-refractivity contribution in [3.8, 4) is 11.6 Å². The fourth-order valence-corrected chi connectivity index (χ4v) is 4.21. The van der Waals surface area contributed by atoms with Crippen molar-refractivity contribution < 1.29 is 19.7 Å². The summed E-state index contributed by atoms with van der Waals surface area (Å²) in [6, 6.07) is 5.57. The number of halogens is 2. The van der Waals surface area contributed by atoms with Crippen molar-refractivity contribution in [1.29, 1.82) is 0 Å². The van der Waals surface area contributed by atoms with Crippen molar-refractivity contribution in [2.24, 2.45) is 0 Å². The zero-order chi connectivity index (χ0) is 21.0. The van der Waals surface area contributed by atoms with Crippen LogP contribution in [0.5, 0.6) is 11.6 Å². The second-order valence-electron chi connectivity index (χ2n) is 7.44. The SMILES string of the molecule is CCCCOc1c(O)nc(CC2(c3ccc(Cl)c(Cl)c3)CCCC2)nc1C(=O)O. The number of nitrogens with zero attached hydrogens (tertiary/aromatic N) is 2. The lowest BCUT2D eigenvalue weighted by Gasteiger charge is -2.29. The Kier molecular flexibility index (Phi) is 6.85. The molecule has 29 heavy (non-hydrogen) atoms. The van der Waals surface area contributed by atoms with Crippen LogP contribution in [0, 0.1) is 0 Å². The minimum atomic E-state index is -1.26. The van der Waals surface area contributed by atoms with Crippen molar-refractivity contribution in [3.63, 3.8) is 0 Å². The Balaban J connectivity index is 1.96. The molecule has 0 atom stereocenters. The van der Waals surface area contributed by atoms with E-state index in [-0.39, 0.29) is 22.7 Å². The number of aromatic nitrogens is 2. The lowest BCUT2D eigenvalue weighted by atomic mass is 9.76. The third-order valence-corrected chi connectivity index (χ3v) is 6.17. The number of carboxylic acids is 1. The lowest BCUT2D eigenvalue weighted by Crippen LogP contribution is -2.27.